The zero-order valence-corrected chi connectivity index (χ0v) is 11.3. The van der Waals surface area contributed by atoms with Crippen molar-refractivity contribution < 1.29 is 9.53 Å². The third-order valence-corrected chi connectivity index (χ3v) is 2.25. The highest BCUT2D eigenvalue weighted by atomic mass is 35.5. The van der Waals surface area contributed by atoms with Gasteiger partial charge in [-0.2, -0.15) is 0 Å². The molecule has 17 heavy (non-hydrogen) atoms. The summed E-state index contributed by atoms with van der Waals surface area (Å²) in [6.45, 7) is 7.51. The van der Waals surface area contributed by atoms with Gasteiger partial charge in [-0.25, -0.2) is 0 Å². The minimum atomic E-state index is -0.532. The van der Waals surface area contributed by atoms with Crippen LogP contribution >= 0.6 is 11.6 Å². The molecule has 0 spiro atoms. The molecule has 0 aliphatic rings. The maximum absolute atomic E-state index is 11.8. The van der Waals surface area contributed by atoms with Crippen LogP contribution in [0.5, 0.6) is 5.75 Å². The minimum Gasteiger partial charge on any atom is -0.481 e. The predicted octanol–water partition coefficient (Wildman–Crippen LogP) is 3.02. The van der Waals surface area contributed by atoms with Gasteiger partial charge in [0.1, 0.15) is 5.75 Å². The molecule has 0 bridgehead atoms. The SMILES string of the molecule is C[C@@H](Oc1ccc(Cl)cc1)C(=O)NC(C)(C)C. The van der Waals surface area contributed by atoms with E-state index in [2.05, 4.69) is 5.32 Å². The molecule has 0 saturated heterocycles. The first kappa shape index (κ1) is 13.8. The number of halogens is 1. The number of hydrogen-bond acceptors (Lipinski definition) is 2. The number of amides is 1. The zero-order valence-electron chi connectivity index (χ0n) is 10.6. The lowest BCUT2D eigenvalue weighted by Crippen LogP contribution is -2.46. The monoisotopic (exact) mass is 255 g/mol. The normalized spacial score (nSPS) is 13.0. The quantitative estimate of drug-likeness (QED) is 0.902. The maximum atomic E-state index is 11.8. The molecule has 1 N–H and O–H groups in total. The van der Waals surface area contributed by atoms with Crippen LogP contribution in [0, 0.1) is 0 Å². The number of benzene rings is 1. The molecule has 4 heteroatoms. The summed E-state index contributed by atoms with van der Waals surface area (Å²) in [7, 11) is 0. The summed E-state index contributed by atoms with van der Waals surface area (Å²) >= 11 is 5.76. The van der Waals surface area contributed by atoms with E-state index in [0.29, 0.717) is 10.8 Å². The summed E-state index contributed by atoms with van der Waals surface area (Å²) in [5, 5.41) is 3.50. The van der Waals surface area contributed by atoms with Crippen LogP contribution in [0.25, 0.3) is 0 Å². The summed E-state index contributed by atoms with van der Waals surface area (Å²) in [5.74, 6) is 0.499. The van der Waals surface area contributed by atoms with Gasteiger partial charge < -0.3 is 10.1 Å². The van der Waals surface area contributed by atoms with Gasteiger partial charge in [-0.1, -0.05) is 11.6 Å². The van der Waals surface area contributed by atoms with E-state index in [0.717, 1.165) is 0 Å². The van der Waals surface area contributed by atoms with Crippen molar-refractivity contribution >= 4 is 17.5 Å². The molecule has 94 valence electrons. The topological polar surface area (TPSA) is 38.3 Å². The highest BCUT2D eigenvalue weighted by molar-refractivity contribution is 6.30. The van der Waals surface area contributed by atoms with Gasteiger partial charge in [0, 0.05) is 10.6 Å². The second-order valence-corrected chi connectivity index (χ2v) is 5.39. The summed E-state index contributed by atoms with van der Waals surface area (Å²) < 4.78 is 5.51. The van der Waals surface area contributed by atoms with Crippen molar-refractivity contribution in [2.75, 3.05) is 0 Å². The number of hydrogen-bond donors (Lipinski definition) is 1. The van der Waals surface area contributed by atoms with Gasteiger partial charge >= 0.3 is 0 Å². The van der Waals surface area contributed by atoms with E-state index in [1.54, 1.807) is 31.2 Å². The molecule has 0 unspecified atom stereocenters. The fraction of sp³-hybridized carbons (Fsp3) is 0.462. The van der Waals surface area contributed by atoms with Crippen LogP contribution in [-0.4, -0.2) is 17.6 Å². The summed E-state index contributed by atoms with van der Waals surface area (Å²) in [6.07, 6.45) is -0.532. The molecule has 1 aromatic rings. The standard InChI is InChI=1S/C13H18ClNO2/c1-9(12(16)15-13(2,3)4)17-11-7-5-10(14)6-8-11/h5-9H,1-4H3,(H,15,16)/t9-/m1/s1. The Labute approximate surface area is 107 Å². The first-order chi connectivity index (χ1) is 7.78. The highest BCUT2D eigenvalue weighted by Crippen LogP contribution is 2.17. The number of carbonyl (C=O) groups is 1. The van der Waals surface area contributed by atoms with Gasteiger partial charge in [-0.15, -0.1) is 0 Å². The molecule has 3 nitrogen and oxygen atoms in total. The number of rotatable bonds is 3. The van der Waals surface area contributed by atoms with Gasteiger partial charge in [-0.05, 0) is 52.0 Å². The Balaban J connectivity index is 2.57. The Morgan fingerprint density at radius 1 is 1.29 bits per heavy atom. The molecule has 1 aromatic carbocycles. The van der Waals surface area contributed by atoms with Crippen molar-refractivity contribution in [2.45, 2.75) is 39.3 Å². The first-order valence-electron chi connectivity index (χ1n) is 5.52. The fourth-order valence-corrected chi connectivity index (χ4v) is 1.37. The lowest BCUT2D eigenvalue weighted by Gasteiger charge is -2.23. The van der Waals surface area contributed by atoms with Crippen molar-refractivity contribution in [1.82, 2.24) is 5.32 Å². The molecule has 1 amide bonds. The molecule has 0 heterocycles. The van der Waals surface area contributed by atoms with Crippen LogP contribution < -0.4 is 10.1 Å². The molecular weight excluding hydrogens is 238 g/mol. The van der Waals surface area contributed by atoms with E-state index in [-0.39, 0.29) is 11.4 Å². The molecule has 0 saturated carbocycles. The average molecular weight is 256 g/mol. The Morgan fingerprint density at radius 2 is 1.82 bits per heavy atom. The fourth-order valence-electron chi connectivity index (χ4n) is 1.24. The van der Waals surface area contributed by atoms with Gasteiger partial charge in [0.2, 0.25) is 0 Å². The largest absolute Gasteiger partial charge is 0.481 e. The summed E-state index contributed by atoms with van der Waals surface area (Å²) in [4.78, 5) is 11.8. The lowest BCUT2D eigenvalue weighted by atomic mass is 10.1. The van der Waals surface area contributed by atoms with Gasteiger partial charge in [0.15, 0.2) is 6.10 Å². The Morgan fingerprint density at radius 3 is 2.29 bits per heavy atom. The van der Waals surface area contributed by atoms with Crippen molar-refractivity contribution in [3.05, 3.63) is 29.3 Å². The molecule has 1 atom stereocenters. The van der Waals surface area contributed by atoms with E-state index >= 15 is 0 Å². The van der Waals surface area contributed by atoms with Crippen LogP contribution in [0.15, 0.2) is 24.3 Å². The van der Waals surface area contributed by atoms with E-state index in [9.17, 15) is 4.79 Å². The van der Waals surface area contributed by atoms with Gasteiger partial charge in [0.05, 0.1) is 0 Å². The zero-order chi connectivity index (χ0) is 13.1. The molecular formula is C13H18ClNO2. The Hall–Kier alpha value is -1.22. The molecule has 0 radical (unpaired) electrons. The van der Waals surface area contributed by atoms with E-state index in [1.807, 2.05) is 20.8 Å². The molecule has 1 rings (SSSR count). The highest BCUT2D eigenvalue weighted by Gasteiger charge is 2.20. The molecule has 0 aliphatic heterocycles. The summed E-state index contributed by atoms with van der Waals surface area (Å²) in [5.41, 5.74) is -0.255. The molecule has 0 aromatic heterocycles. The average Bonchev–Trinajstić information content (AvgIpc) is 2.19. The molecule has 0 aliphatic carbocycles. The second kappa shape index (κ2) is 5.41. The maximum Gasteiger partial charge on any atom is 0.261 e. The van der Waals surface area contributed by atoms with Crippen LogP contribution in [0.1, 0.15) is 27.7 Å². The predicted molar refractivity (Wildman–Crippen MR) is 69.4 cm³/mol. The smallest absolute Gasteiger partial charge is 0.261 e. The number of carbonyl (C=O) groups excluding carboxylic acids is 1. The van der Waals surface area contributed by atoms with Crippen LogP contribution in [0.4, 0.5) is 0 Å². The van der Waals surface area contributed by atoms with Crippen molar-refractivity contribution in [3.8, 4) is 5.75 Å². The van der Waals surface area contributed by atoms with Crippen molar-refractivity contribution in [1.29, 1.82) is 0 Å². The van der Waals surface area contributed by atoms with Gasteiger partial charge in [-0.3, -0.25) is 4.79 Å². The Kier molecular flexibility index (Phi) is 4.40. The third kappa shape index (κ3) is 5.09. The number of ether oxygens (including phenoxy) is 1. The Bertz CT molecular complexity index is 381. The van der Waals surface area contributed by atoms with Crippen molar-refractivity contribution in [3.63, 3.8) is 0 Å². The van der Waals surface area contributed by atoms with E-state index < -0.39 is 6.10 Å². The first-order valence-corrected chi connectivity index (χ1v) is 5.90. The van der Waals surface area contributed by atoms with Gasteiger partial charge in [0.25, 0.3) is 5.91 Å². The van der Waals surface area contributed by atoms with Crippen LogP contribution in [0.3, 0.4) is 0 Å². The summed E-state index contributed by atoms with van der Waals surface area (Å²) in [6, 6.07) is 6.93. The van der Waals surface area contributed by atoms with E-state index in [4.69, 9.17) is 16.3 Å². The minimum absolute atomic E-state index is 0.132. The van der Waals surface area contributed by atoms with Crippen molar-refractivity contribution in [2.24, 2.45) is 0 Å². The number of nitrogens with one attached hydrogen (secondary N) is 1. The van der Waals surface area contributed by atoms with Crippen LogP contribution in [-0.2, 0) is 4.79 Å². The van der Waals surface area contributed by atoms with E-state index in [1.165, 1.54) is 0 Å². The second-order valence-electron chi connectivity index (χ2n) is 4.95. The molecule has 0 fully saturated rings. The lowest BCUT2D eigenvalue weighted by molar-refractivity contribution is -0.128. The third-order valence-electron chi connectivity index (χ3n) is 1.99. The van der Waals surface area contributed by atoms with Crippen LogP contribution in [0.2, 0.25) is 5.02 Å².